The fraction of sp³-hybridized carbons (Fsp3) is 0.348. The average molecular weight is 709 g/mol. The van der Waals surface area contributed by atoms with Gasteiger partial charge in [-0.05, 0) is 85.5 Å². The highest BCUT2D eigenvalue weighted by atomic mass is 16.2. The first kappa shape index (κ1) is 39.1. The molecule has 0 atom stereocenters. The number of nitrogen functional groups attached to an aromatic ring is 2. The van der Waals surface area contributed by atoms with Gasteiger partial charge in [-0.15, -0.1) is 0 Å². The number of pyridine rings is 4. The molecule has 0 aliphatic rings. The third-order valence-electron chi connectivity index (χ3n) is 9.66. The van der Waals surface area contributed by atoms with Crippen LogP contribution in [-0.2, 0) is 19.3 Å². The van der Waals surface area contributed by atoms with Crippen molar-refractivity contribution >= 4 is 55.2 Å². The van der Waals surface area contributed by atoms with Gasteiger partial charge in [-0.3, -0.25) is 9.97 Å². The van der Waals surface area contributed by atoms with Gasteiger partial charge < -0.3 is 16.6 Å². The van der Waals surface area contributed by atoms with E-state index in [1.54, 1.807) is 0 Å². The number of aromatic nitrogens is 4. The zero-order valence-corrected chi connectivity index (χ0v) is 31.8. The molecule has 7 rings (SSSR count). The molecule has 0 amide bonds. The number of fused-ring (bicyclic) bond motifs is 6. The molecule has 0 saturated heterocycles. The van der Waals surface area contributed by atoms with E-state index >= 15 is 0 Å². The van der Waals surface area contributed by atoms with Crippen LogP contribution in [0.25, 0.3) is 43.6 Å². The summed E-state index contributed by atoms with van der Waals surface area (Å²) < 4.78 is 0. The van der Waals surface area contributed by atoms with Crippen molar-refractivity contribution in [2.24, 2.45) is 0 Å². The highest BCUT2D eigenvalue weighted by Crippen LogP contribution is 2.29. The number of rotatable bonds is 14. The van der Waals surface area contributed by atoms with Gasteiger partial charge in [0.1, 0.15) is 11.0 Å². The van der Waals surface area contributed by atoms with Crippen LogP contribution < -0.4 is 11.5 Å². The Kier molecular flexibility index (Phi) is 14.9. The van der Waals surface area contributed by atoms with Crippen molar-refractivity contribution < 1.29 is 5.11 Å². The quantitative estimate of drug-likeness (QED) is 0.0758. The smallest absolute Gasteiger partial charge is 0.150 e. The summed E-state index contributed by atoms with van der Waals surface area (Å²) in [4.78, 5) is 18.1. The number of benzene rings is 3. The molecule has 7 nitrogen and oxygen atoms in total. The Labute approximate surface area is 314 Å². The lowest BCUT2D eigenvalue weighted by atomic mass is 10.0. The average Bonchev–Trinajstić information content (AvgIpc) is 3.19. The van der Waals surface area contributed by atoms with E-state index < -0.39 is 0 Å². The van der Waals surface area contributed by atoms with E-state index in [-0.39, 0.29) is 0 Å². The van der Waals surface area contributed by atoms with Crippen LogP contribution in [0.2, 0.25) is 0 Å². The van der Waals surface area contributed by atoms with Gasteiger partial charge in [-0.1, -0.05) is 119 Å². The topological polar surface area (TPSA) is 124 Å². The van der Waals surface area contributed by atoms with Crippen LogP contribution in [0.1, 0.15) is 93.9 Å². The fourth-order valence-corrected chi connectivity index (χ4v) is 6.85. The first-order chi connectivity index (χ1) is 26.0. The minimum atomic E-state index is 0.335. The maximum absolute atomic E-state index is 8.78. The molecule has 0 unspecified atom stereocenters. The third kappa shape index (κ3) is 10.7. The van der Waals surface area contributed by atoms with Gasteiger partial charge in [0.25, 0.3) is 0 Å². The summed E-state index contributed by atoms with van der Waals surface area (Å²) in [5.74, 6) is 1.01. The third-order valence-corrected chi connectivity index (χ3v) is 9.66. The predicted octanol–water partition coefficient (Wildman–Crippen LogP) is 10.9. The minimum Gasteiger partial charge on any atom is -0.396 e. The lowest BCUT2D eigenvalue weighted by molar-refractivity contribution is 0.282. The molecule has 4 aromatic heterocycles. The minimum absolute atomic E-state index is 0.335. The van der Waals surface area contributed by atoms with Crippen LogP contribution in [0.5, 0.6) is 0 Å². The van der Waals surface area contributed by atoms with Gasteiger partial charge in [0.15, 0.2) is 11.6 Å². The summed E-state index contributed by atoms with van der Waals surface area (Å²) in [6.07, 6.45) is 18.0. The molecule has 53 heavy (non-hydrogen) atoms. The summed E-state index contributed by atoms with van der Waals surface area (Å²) in [5, 5.41) is 13.2. The number of aliphatic hydroxyl groups excluding tert-OH is 1. The normalized spacial score (nSPS) is 11.0. The number of aliphatic hydroxyl groups is 1. The molecule has 7 aromatic rings. The summed E-state index contributed by atoms with van der Waals surface area (Å²) in [6.45, 7) is 6.41. The Balaban J connectivity index is 0.000000198. The van der Waals surface area contributed by atoms with Crippen molar-refractivity contribution in [3.05, 3.63) is 120 Å². The number of hydrogen-bond acceptors (Lipinski definition) is 7. The zero-order valence-electron chi connectivity index (χ0n) is 31.8. The molecule has 5 N–H and O–H groups in total. The Bertz CT molecular complexity index is 2200. The van der Waals surface area contributed by atoms with Crippen molar-refractivity contribution in [1.82, 2.24) is 19.9 Å². The van der Waals surface area contributed by atoms with Crippen molar-refractivity contribution in [3.8, 4) is 0 Å². The molecule has 7 heteroatoms. The number of nitrogens with zero attached hydrogens (tertiary/aromatic N) is 4. The molecule has 0 fully saturated rings. The molecular formula is C46H56N6O. The number of hydrogen-bond donors (Lipinski definition) is 3. The van der Waals surface area contributed by atoms with E-state index in [0.717, 1.165) is 69.3 Å². The fourth-order valence-electron chi connectivity index (χ4n) is 6.85. The van der Waals surface area contributed by atoms with Crippen molar-refractivity contribution in [2.45, 2.75) is 97.8 Å². The van der Waals surface area contributed by atoms with E-state index in [9.17, 15) is 0 Å². The van der Waals surface area contributed by atoms with Crippen LogP contribution in [0.15, 0.2) is 97.3 Å². The van der Waals surface area contributed by atoms with Crippen molar-refractivity contribution in [1.29, 1.82) is 0 Å². The first-order valence-electron chi connectivity index (χ1n) is 19.5. The van der Waals surface area contributed by atoms with Gasteiger partial charge in [0, 0.05) is 40.5 Å². The van der Waals surface area contributed by atoms with E-state index in [1.165, 1.54) is 73.6 Å². The molecule has 0 radical (unpaired) electrons. The molecule has 0 spiro atoms. The molecule has 3 aromatic carbocycles. The van der Waals surface area contributed by atoms with Crippen LogP contribution in [-0.4, -0.2) is 31.6 Å². The summed E-state index contributed by atoms with van der Waals surface area (Å²) in [5.41, 5.74) is 20.7. The zero-order chi connectivity index (χ0) is 37.4. The number of para-hydroxylation sites is 1. The second-order valence-electron chi connectivity index (χ2n) is 13.7. The van der Waals surface area contributed by atoms with E-state index in [1.807, 2.05) is 50.5 Å². The van der Waals surface area contributed by atoms with E-state index in [2.05, 4.69) is 87.5 Å². The van der Waals surface area contributed by atoms with Crippen LogP contribution in [0, 0.1) is 6.92 Å². The van der Waals surface area contributed by atoms with Gasteiger partial charge in [0.2, 0.25) is 0 Å². The van der Waals surface area contributed by atoms with Gasteiger partial charge in [-0.2, -0.15) is 0 Å². The molecule has 4 heterocycles. The molecule has 0 aliphatic carbocycles. The van der Waals surface area contributed by atoms with Gasteiger partial charge in [0.05, 0.1) is 11.0 Å². The lowest BCUT2D eigenvalue weighted by Gasteiger charge is -2.09. The van der Waals surface area contributed by atoms with Crippen LogP contribution in [0.4, 0.5) is 11.6 Å². The predicted molar refractivity (Wildman–Crippen MR) is 225 cm³/mol. The van der Waals surface area contributed by atoms with Gasteiger partial charge in [-0.25, -0.2) is 9.97 Å². The molecule has 0 bridgehead atoms. The largest absolute Gasteiger partial charge is 0.396 e. The second kappa shape index (κ2) is 20.2. The Morgan fingerprint density at radius 2 is 1.00 bits per heavy atom. The lowest BCUT2D eigenvalue weighted by Crippen LogP contribution is -1.98. The summed E-state index contributed by atoms with van der Waals surface area (Å²) in [6, 6.07) is 29.4. The SMILES string of the molecule is CC.Cc1ccc2c(c1)nc(N)c1ncc(CCCCCCCCCCCO)cc12.Nc1nc2ccccc2c2cc(CCc3ccccc3)cnc12. The Hall–Kier alpha value is -5.14. The van der Waals surface area contributed by atoms with Crippen molar-refractivity contribution in [2.75, 3.05) is 18.1 Å². The maximum Gasteiger partial charge on any atom is 0.150 e. The summed E-state index contributed by atoms with van der Waals surface area (Å²) >= 11 is 0. The highest BCUT2D eigenvalue weighted by molar-refractivity contribution is 6.09. The number of aryl methyl sites for hydroxylation is 4. The standard InChI is InChI=1S/C24H33N3O.C20H17N3.C2H6/c1-18-12-13-20-21-16-19(17-26-23(21)24(25)27-22(20)15-18)11-9-7-5-3-2-4-6-8-10-14-28;21-20-19-17(16-8-4-5-9-18(16)23-20)12-15(13-22-19)11-10-14-6-2-1-3-7-14;1-2/h12-13,15-17,28H,2-11,14H2,1H3,(H2,25,27);1-9,12-13H,10-11H2,(H2,21,23);1-2H3. The maximum atomic E-state index is 8.78. The number of unbranched alkanes of at least 4 members (excludes halogenated alkanes) is 8. The molecular weight excluding hydrogens is 653 g/mol. The number of anilines is 2. The first-order valence-corrected chi connectivity index (χ1v) is 19.5. The van der Waals surface area contributed by atoms with Crippen LogP contribution in [0.3, 0.4) is 0 Å². The van der Waals surface area contributed by atoms with Crippen molar-refractivity contribution in [3.63, 3.8) is 0 Å². The Morgan fingerprint density at radius 1 is 0.491 bits per heavy atom. The second-order valence-corrected chi connectivity index (χ2v) is 13.7. The molecule has 0 saturated carbocycles. The summed E-state index contributed by atoms with van der Waals surface area (Å²) in [7, 11) is 0. The highest BCUT2D eigenvalue weighted by Gasteiger charge is 2.10. The number of nitrogens with two attached hydrogens (primary N) is 2. The molecule has 276 valence electrons. The van der Waals surface area contributed by atoms with Crippen LogP contribution >= 0.6 is 0 Å². The van der Waals surface area contributed by atoms with E-state index in [0.29, 0.717) is 18.2 Å². The van der Waals surface area contributed by atoms with E-state index in [4.69, 9.17) is 16.6 Å². The monoisotopic (exact) mass is 708 g/mol. The Morgan fingerprint density at radius 3 is 1.64 bits per heavy atom. The molecule has 0 aliphatic heterocycles. The van der Waals surface area contributed by atoms with Gasteiger partial charge >= 0.3 is 0 Å².